The van der Waals surface area contributed by atoms with Crippen LogP contribution < -0.4 is 18.4 Å². The lowest BCUT2D eigenvalue weighted by Gasteiger charge is -2.27. The lowest BCUT2D eigenvalue weighted by molar-refractivity contribution is 0.0300. The number of fused-ring (bicyclic) bond motifs is 2. The van der Waals surface area contributed by atoms with E-state index in [9.17, 15) is 18.0 Å². The van der Waals surface area contributed by atoms with Crippen LogP contribution in [0.3, 0.4) is 0 Å². The minimum absolute atomic E-state index is 0.0923. The van der Waals surface area contributed by atoms with Crippen molar-refractivity contribution in [3.63, 3.8) is 0 Å². The van der Waals surface area contributed by atoms with E-state index in [-0.39, 0.29) is 52.6 Å². The molecule has 2 amide bonds. The summed E-state index contributed by atoms with van der Waals surface area (Å²) >= 11 is 0. The number of hydrogen-bond acceptors (Lipinski definition) is 12. The predicted octanol–water partition coefficient (Wildman–Crippen LogP) is 2.93. The van der Waals surface area contributed by atoms with Crippen molar-refractivity contribution < 1.29 is 54.7 Å². The van der Waals surface area contributed by atoms with E-state index >= 15 is 0 Å². The molecule has 2 aliphatic heterocycles. The Bertz CT molecular complexity index is 1820. The SMILES string of the molecule is COc1cc2oc(C)c(C(=O)N3CCOCC3)c2cc1OCc1oc2cc(OC)c(O[SH](=O)=O)cc2c1C(=O)N1CCOCC1. The van der Waals surface area contributed by atoms with Crippen molar-refractivity contribution in [3.05, 3.63) is 46.9 Å². The average Bonchev–Trinajstić information content (AvgIpc) is 3.57. The largest absolute Gasteiger partial charge is 0.493 e. The van der Waals surface area contributed by atoms with Gasteiger partial charge in [-0.15, -0.1) is 0 Å². The molecule has 0 N–H and O–H groups in total. The summed E-state index contributed by atoms with van der Waals surface area (Å²) in [6.07, 6.45) is 0. The van der Waals surface area contributed by atoms with Gasteiger partial charge < -0.3 is 46.5 Å². The van der Waals surface area contributed by atoms with Crippen molar-refractivity contribution in [1.29, 1.82) is 0 Å². The minimum atomic E-state index is -3.25. The van der Waals surface area contributed by atoms with Crippen LogP contribution in [0.4, 0.5) is 0 Å². The fourth-order valence-corrected chi connectivity index (χ4v) is 5.86. The number of carbonyl (C=O) groups excluding carboxylic acids is 2. The molecule has 45 heavy (non-hydrogen) atoms. The van der Waals surface area contributed by atoms with Gasteiger partial charge >= 0.3 is 0 Å². The maximum absolute atomic E-state index is 13.8. The van der Waals surface area contributed by atoms with Gasteiger partial charge in [-0.2, -0.15) is 8.42 Å². The van der Waals surface area contributed by atoms with Crippen LogP contribution in [0.2, 0.25) is 0 Å². The summed E-state index contributed by atoms with van der Waals surface area (Å²) in [6, 6.07) is 6.16. The van der Waals surface area contributed by atoms with Gasteiger partial charge in [0.25, 0.3) is 22.8 Å². The monoisotopic (exact) mass is 644 g/mol. The Balaban J connectivity index is 1.39. The molecule has 4 aromatic rings. The molecule has 0 aliphatic carbocycles. The third kappa shape index (κ3) is 5.98. The van der Waals surface area contributed by atoms with Crippen LogP contribution in [0.25, 0.3) is 21.9 Å². The van der Waals surface area contributed by atoms with E-state index in [1.54, 1.807) is 28.9 Å². The van der Waals surface area contributed by atoms with Gasteiger partial charge in [0.05, 0.1) is 51.8 Å². The Labute approximate surface area is 259 Å². The van der Waals surface area contributed by atoms with Gasteiger partial charge in [-0.05, 0) is 19.1 Å². The van der Waals surface area contributed by atoms with E-state index in [1.807, 2.05) is 0 Å². The van der Waals surface area contributed by atoms with Crippen molar-refractivity contribution >= 4 is 44.7 Å². The van der Waals surface area contributed by atoms with Gasteiger partial charge in [0.15, 0.2) is 28.8 Å². The number of hydrogen-bond donors (Lipinski definition) is 1. The second-order valence-corrected chi connectivity index (χ2v) is 11.0. The maximum atomic E-state index is 13.8. The van der Waals surface area contributed by atoms with Crippen LogP contribution in [-0.2, 0) is 27.1 Å². The van der Waals surface area contributed by atoms with Crippen LogP contribution in [0.15, 0.2) is 33.1 Å². The first-order valence-corrected chi connectivity index (χ1v) is 15.3. The smallest absolute Gasteiger partial charge is 0.299 e. The molecular formula is C30H32N2O12S. The Morgan fingerprint density at radius 3 is 1.82 bits per heavy atom. The van der Waals surface area contributed by atoms with Gasteiger partial charge in [-0.1, -0.05) is 0 Å². The molecule has 0 spiro atoms. The first-order valence-electron chi connectivity index (χ1n) is 14.2. The summed E-state index contributed by atoms with van der Waals surface area (Å²) in [4.78, 5) is 30.7. The number of morpholine rings is 2. The highest BCUT2D eigenvalue weighted by atomic mass is 32.2. The number of ether oxygens (including phenoxy) is 5. The van der Waals surface area contributed by atoms with Gasteiger partial charge in [-0.25, -0.2) is 0 Å². The number of aryl methyl sites for hydroxylation is 1. The number of amides is 2. The van der Waals surface area contributed by atoms with Crippen molar-refractivity contribution in [2.24, 2.45) is 0 Å². The highest BCUT2D eigenvalue weighted by Gasteiger charge is 2.30. The average molecular weight is 645 g/mol. The summed E-state index contributed by atoms with van der Waals surface area (Å²) in [5, 5.41) is 0.872. The van der Waals surface area contributed by atoms with E-state index < -0.39 is 11.0 Å². The summed E-state index contributed by atoms with van der Waals surface area (Å²) in [5.41, 5.74) is 1.32. The number of thiol groups is 1. The lowest BCUT2D eigenvalue weighted by Crippen LogP contribution is -2.41. The third-order valence-electron chi connectivity index (χ3n) is 7.75. The molecule has 6 rings (SSSR count). The van der Waals surface area contributed by atoms with Gasteiger partial charge in [0, 0.05) is 49.1 Å². The summed E-state index contributed by atoms with van der Waals surface area (Å²) in [6.45, 7) is 4.86. The molecule has 0 saturated carbocycles. The van der Waals surface area contributed by atoms with Gasteiger partial charge in [0.2, 0.25) is 0 Å². The standard InChI is InChI=1S/C30H32N2O12S/c1-17-27(29(33)31-4-8-39-9-5-31)18-12-24(22(37-2)14-20(18)42-17)41-16-26-28(30(34)32-6-10-40-11-7-32)19-13-25(44-45(35)36)23(38-3)15-21(19)43-26/h12-15,45H,4-11,16H2,1-3H3. The van der Waals surface area contributed by atoms with Crippen LogP contribution in [0, 0.1) is 6.92 Å². The lowest BCUT2D eigenvalue weighted by atomic mass is 10.1. The molecule has 15 heteroatoms. The number of methoxy groups -OCH3 is 2. The molecule has 2 aromatic heterocycles. The number of rotatable bonds is 9. The highest BCUT2D eigenvalue weighted by molar-refractivity contribution is 7.67. The Hall–Kier alpha value is -4.47. The number of carbonyl (C=O) groups is 2. The molecular weight excluding hydrogens is 612 g/mol. The Kier molecular flexibility index (Phi) is 8.74. The van der Waals surface area contributed by atoms with Crippen molar-refractivity contribution in [3.8, 4) is 23.0 Å². The summed E-state index contributed by atoms with van der Waals surface area (Å²) in [7, 11) is -0.417. The quantitative estimate of drug-likeness (QED) is 0.266. The highest BCUT2D eigenvalue weighted by Crippen LogP contribution is 2.40. The van der Waals surface area contributed by atoms with Crippen LogP contribution in [0.5, 0.6) is 23.0 Å². The number of nitrogens with zero attached hydrogens (tertiary/aromatic N) is 2. The Morgan fingerprint density at radius 1 is 0.733 bits per heavy atom. The molecule has 0 radical (unpaired) electrons. The zero-order valence-corrected chi connectivity index (χ0v) is 25.8. The van der Waals surface area contributed by atoms with Crippen LogP contribution >= 0.6 is 0 Å². The van der Waals surface area contributed by atoms with Gasteiger partial charge in [-0.3, -0.25) is 9.59 Å². The fraction of sp³-hybridized carbons (Fsp3) is 0.400. The topological polar surface area (TPSA) is 156 Å². The van der Waals surface area contributed by atoms with Crippen molar-refractivity contribution in [2.45, 2.75) is 13.5 Å². The third-order valence-corrected chi connectivity index (χ3v) is 8.10. The fourth-order valence-electron chi connectivity index (χ4n) is 5.56. The molecule has 2 saturated heterocycles. The molecule has 240 valence electrons. The summed E-state index contributed by atoms with van der Waals surface area (Å²) in [5.74, 6) is 0.772. The van der Waals surface area contributed by atoms with Crippen LogP contribution in [0.1, 0.15) is 32.2 Å². The van der Waals surface area contributed by atoms with E-state index in [0.29, 0.717) is 86.0 Å². The van der Waals surface area contributed by atoms with Gasteiger partial charge in [0.1, 0.15) is 23.5 Å². The molecule has 0 atom stereocenters. The van der Waals surface area contributed by atoms with Crippen molar-refractivity contribution in [1.82, 2.24) is 9.80 Å². The zero-order valence-electron chi connectivity index (χ0n) is 24.9. The minimum Gasteiger partial charge on any atom is -0.493 e. The molecule has 2 aromatic carbocycles. The van der Waals surface area contributed by atoms with E-state index in [0.717, 1.165) is 0 Å². The van der Waals surface area contributed by atoms with Crippen LogP contribution in [-0.4, -0.2) is 96.9 Å². The zero-order chi connectivity index (χ0) is 31.7. The molecule has 2 fully saturated rings. The van der Waals surface area contributed by atoms with E-state index in [1.165, 1.54) is 26.4 Å². The predicted molar refractivity (Wildman–Crippen MR) is 159 cm³/mol. The molecule has 4 heterocycles. The maximum Gasteiger partial charge on any atom is 0.299 e. The molecule has 2 aliphatic rings. The van der Waals surface area contributed by atoms with E-state index in [4.69, 9.17) is 36.7 Å². The van der Waals surface area contributed by atoms with Crippen molar-refractivity contribution in [2.75, 3.05) is 66.8 Å². The summed E-state index contributed by atoms with van der Waals surface area (Å²) < 4.78 is 67.7. The Morgan fingerprint density at radius 2 is 1.24 bits per heavy atom. The second-order valence-electron chi connectivity index (χ2n) is 10.3. The molecule has 14 nitrogen and oxygen atoms in total. The molecule has 0 unspecified atom stereocenters. The van der Waals surface area contributed by atoms with E-state index in [2.05, 4.69) is 0 Å². The number of furan rings is 2. The first-order chi connectivity index (χ1) is 21.8. The number of benzene rings is 2. The normalized spacial score (nSPS) is 15.6. The first kappa shape index (κ1) is 30.6. The molecule has 0 bridgehead atoms. The second kappa shape index (κ2) is 12.9.